The molecule has 1 fully saturated rings. The smallest absolute Gasteiger partial charge is 0.273 e. The monoisotopic (exact) mass is 355 g/mol. The van der Waals surface area contributed by atoms with Crippen molar-refractivity contribution in [3.63, 3.8) is 0 Å². The Balaban J connectivity index is 1.73. The van der Waals surface area contributed by atoms with E-state index in [4.69, 9.17) is 5.73 Å². The van der Waals surface area contributed by atoms with Crippen LogP contribution in [0.25, 0.3) is 5.69 Å². The molecule has 1 aliphatic rings. The number of likely N-dealkylation sites (tertiary alicyclic amines) is 1. The van der Waals surface area contributed by atoms with Crippen molar-refractivity contribution >= 4 is 17.7 Å². The van der Waals surface area contributed by atoms with Crippen LogP contribution in [0.3, 0.4) is 0 Å². The molecule has 1 saturated heterocycles. The molecule has 2 heterocycles. The molecule has 0 aliphatic carbocycles. The summed E-state index contributed by atoms with van der Waals surface area (Å²) in [6, 6.07) is 4.80. The van der Waals surface area contributed by atoms with Gasteiger partial charge < -0.3 is 16.0 Å². The van der Waals surface area contributed by atoms with E-state index in [9.17, 15) is 19.2 Å². The molecule has 1 aromatic heterocycles. The minimum atomic E-state index is -0.799. The first-order valence-corrected chi connectivity index (χ1v) is 7.88. The summed E-state index contributed by atoms with van der Waals surface area (Å²) in [6.07, 6.45) is 4.34. The molecular formula is C17H17N5O4. The van der Waals surface area contributed by atoms with Gasteiger partial charge in [-0.05, 0) is 24.3 Å². The Hall–Kier alpha value is -3.49. The zero-order valence-corrected chi connectivity index (χ0v) is 14.0. The van der Waals surface area contributed by atoms with Crippen molar-refractivity contribution in [2.75, 3.05) is 7.05 Å². The molecule has 0 bridgehead atoms. The lowest BCUT2D eigenvalue weighted by molar-refractivity contribution is -0.133. The number of benzene rings is 1. The molecule has 26 heavy (non-hydrogen) atoms. The molecule has 2 unspecified atom stereocenters. The minimum absolute atomic E-state index is 0.140. The van der Waals surface area contributed by atoms with E-state index >= 15 is 0 Å². The fourth-order valence-corrected chi connectivity index (χ4v) is 2.89. The van der Waals surface area contributed by atoms with Crippen molar-refractivity contribution in [2.24, 2.45) is 5.73 Å². The number of rotatable bonds is 4. The number of nitrogens with two attached hydrogens (primary N) is 1. The summed E-state index contributed by atoms with van der Waals surface area (Å²) in [5.41, 5.74) is 5.88. The van der Waals surface area contributed by atoms with Gasteiger partial charge in [0, 0.05) is 37.1 Å². The van der Waals surface area contributed by atoms with E-state index in [0.29, 0.717) is 11.3 Å². The van der Waals surface area contributed by atoms with Gasteiger partial charge in [-0.1, -0.05) is 0 Å². The van der Waals surface area contributed by atoms with E-state index in [1.165, 1.54) is 35.1 Å². The number of aromatic nitrogens is 2. The predicted octanol–water partition coefficient (Wildman–Crippen LogP) is -0.953. The van der Waals surface area contributed by atoms with Crippen LogP contribution in [-0.2, 0) is 9.59 Å². The Morgan fingerprint density at radius 3 is 2.50 bits per heavy atom. The number of nitrogens with zero attached hydrogens (tertiary/aromatic N) is 3. The Morgan fingerprint density at radius 1 is 1.23 bits per heavy atom. The van der Waals surface area contributed by atoms with Crippen LogP contribution in [0.4, 0.5) is 0 Å². The lowest BCUT2D eigenvalue weighted by atomic mass is 10.1. The number of nitrogens with one attached hydrogen (secondary N) is 1. The van der Waals surface area contributed by atoms with Crippen molar-refractivity contribution in [2.45, 2.75) is 18.5 Å². The number of amides is 3. The molecule has 1 aliphatic heterocycles. The first-order valence-electron chi connectivity index (χ1n) is 7.88. The molecule has 0 radical (unpaired) electrons. The molecule has 9 nitrogen and oxygen atoms in total. The maximum Gasteiger partial charge on any atom is 0.273 e. The molecule has 0 saturated carbocycles. The molecule has 134 valence electrons. The largest absolute Gasteiger partial charge is 0.368 e. The molecule has 3 amide bonds. The maximum atomic E-state index is 12.4. The third-order valence-electron chi connectivity index (χ3n) is 4.34. The van der Waals surface area contributed by atoms with E-state index in [2.05, 4.69) is 10.3 Å². The molecule has 3 N–H and O–H groups in total. The lowest BCUT2D eigenvalue weighted by Gasteiger charge is -2.15. The molecule has 9 heteroatoms. The van der Waals surface area contributed by atoms with Crippen LogP contribution in [0.1, 0.15) is 16.8 Å². The van der Waals surface area contributed by atoms with Crippen LogP contribution >= 0.6 is 0 Å². The van der Waals surface area contributed by atoms with Gasteiger partial charge in [0.15, 0.2) is 0 Å². The third kappa shape index (κ3) is 3.18. The highest BCUT2D eigenvalue weighted by Crippen LogP contribution is 2.18. The SMILES string of the molecule is CN1C(=O)C(NC(=O)c2ccc(-n3ccncc3=O)cc2)CC1C(N)=O. The first-order chi connectivity index (χ1) is 12.4. The van der Waals surface area contributed by atoms with Crippen molar-refractivity contribution in [1.82, 2.24) is 19.8 Å². The van der Waals surface area contributed by atoms with E-state index in [1.54, 1.807) is 24.3 Å². The molecule has 3 rings (SSSR count). The van der Waals surface area contributed by atoms with Crippen LogP contribution < -0.4 is 16.6 Å². The van der Waals surface area contributed by atoms with E-state index in [0.717, 1.165) is 0 Å². The fourth-order valence-electron chi connectivity index (χ4n) is 2.89. The number of hydrogen-bond donors (Lipinski definition) is 2. The summed E-state index contributed by atoms with van der Waals surface area (Å²) in [5, 5.41) is 2.61. The van der Waals surface area contributed by atoms with Crippen LogP contribution in [0.15, 0.2) is 47.7 Å². The van der Waals surface area contributed by atoms with Crippen molar-refractivity contribution in [1.29, 1.82) is 0 Å². The second kappa shape index (κ2) is 6.79. The summed E-state index contributed by atoms with van der Waals surface area (Å²) in [6.45, 7) is 0. The van der Waals surface area contributed by atoms with Gasteiger partial charge in [-0.15, -0.1) is 0 Å². The summed E-state index contributed by atoms with van der Waals surface area (Å²) >= 11 is 0. The normalized spacial score (nSPS) is 19.4. The second-order valence-electron chi connectivity index (χ2n) is 5.96. The number of likely N-dealkylation sites (N-methyl/N-ethyl adjacent to an activating group) is 1. The van der Waals surface area contributed by atoms with Gasteiger partial charge in [0.25, 0.3) is 11.5 Å². The van der Waals surface area contributed by atoms with Gasteiger partial charge in [0.2, 0.25) is 11.8 Å². The zero-order valence-electron chi connectivity index (χ0n) is 14.0. The average Bonchev–Trinajstić information content (AvgIpc) is 2.91. The number of hydrogen-bond acceptors (Lipinski definition) is 5. The molecule has 2 aromatic rings. The summed E-state index contributed by atoms with van der Waals surface area (Å²) < 4.78 is 1.39. The number of carbonyl (C=O) groups is 3. The Kier molecular flexibility index (Phi) is 4.53. The zero-order chi connectivity index (χ0) is 18.8. The van der Waals surface area contributed by atoms with Gasteiger partial charge in [-0.2, -0.15) is 0 Å². The van der Waals surface area contributed by atoms with Crippen LogP contribution in [-0.4, -0.2) is 51.3 Å². The Bertz CT molecular complexity index is 921. The Morgan fingerprint density at radius 2 is 1.92 bits per heavy atom. The number of primary amides is 1. The summed E-state index contributed by atoms with van der Waals surface area (Å²) in [7, 11) is 1.48. The van der Waals surface area contributed by atoms with Crippen molar-refractivity contribution < 1.29 is 14.4 Å². The van der Waals surface area contributed by atoms with Crippen LogP contribution in [0.2, 0.25) is 0 Å². The molecule has 0 spiro atoms. The van der Waals surface area contributed by atoms with Gasteiger partial charge in [0.05, 0.1) is 6.20 Å². The van der Waals surface area contributed by atoms with Gasteiger partial charge in [0.1, 0.15) is 12.1 Å². The van der Waals surface area contributed by atoms with Crippen molar-refractivity contribution in [3.05, 3.63) is 58.8 Å². The van der Waals surface area contributed by atoms with Gasteiger partial charge >= 0.3 is 0 Å². The highest BCUT2D eigenvalue weighted by Gasteiger charge is 2.40. The third-order valence-corrected chi connectivity index (χ3v) is 4.34. The van der Waals surface area contributed by atoms with E-state index in [1.807, 2.05) is 0 Å². The number of carbonyl (C=O) groups excluding carboxylic acids is 3. The summed E-state index contributed by atoms with van der Waals surface area (Å²) in [4.78, 5) is 52.6. The molecular weight excluding hydrogens is 338 g/mol. The van der Waals surface area contributed by atoms with Crippen molar-refractivity contribution in [3.8, 4) is 5.69 Å². The van der Waals surface area contributed by atoms with Gasteiger partial charge in [-0.3, -0.25) is 28.7 Å². The highest BCUT2D eigenvalue weighted by atomic mass is 16.2. The predicted molar refractivity (Wildman–Crippen MR) is 91.5 cm³/mol. The summed E-state index contributed by atoms with van der Waals surface area (Å²) in [5.74, 6) is -1.41. The second-order valence-corrected chi connectivity index (χ2v) is 5.96. The van der Waals surface area contributed by atoms with Crippen LogP contribution in [0.5, 0.6) is 0 Å². The van der Waals surface area contributed by atoms with Crippen LogP contribution in [0, 0.1) is 0 Å². The standard InChI is InChI=1S/C17H17N5O4/c1-21-13(15(18)24)8-12(17(21)26)20-16(25)10-2-4-11(5-3-10)22-7-6-19-9-14(22)23/h2-7,9,12-13H,8H2,1H3,(H2,18,24)(H,20,25). The quantitative estimate of drug-likeness (QED) is 0.731. The minimum Gasteiger partial charge on any atom is -0.368 e. The fraction of sp³-hybridized carbons (Fsp3) is 0.235. The first kappa shape index (κ1) is 17.3. The van der Waals surface area contributed by atoms with Gasteiger partial charge in [-0.25, -0.2) is 0 Å². The van der Waals surface area contributed by atoms with E-state index < -0.39 is 23.9 Å². The lowest BCUT2D eigenvalue weighted by Crippen LogP contribution is -2.41. The Labute approximate surface area is 148 Å². The van der Waals surface area contributed by atoms with E-state index in [-0.39, 0.29) is 17.9 Å². The average molecular weight is 355 g/mol. The maximum absolute atomic E-state index is 12.4. The molecule has 2 atom stereocenters. The molecule has 1 aromatic carbocycles. The topological polar surface area (TPSA) is 127 Å². The highest BCUT2D eigenvalue weighted by molar-refractivity contribution is 6.00.